The Hall–Kier alpha value is -0.830. The Morgan fingerprint density at radius 1 is 1.11 bits per heavy atom. The number of rotatable bonds is 5. The molecule has 0 amide bonds. The highest BCUT2D eigenvalue weighted by Crippen LogP contribution is 2.34. The molecule has 1 N–H and O–H groups in total. The summed E-state index contributed by atoms with van der Waals surface area (Å²) in [5, 5.41) is 4.35. The Bertz CT molecular complexity index is 516. The van der Waals surface area contributed by atoms with Crippen molar-refractivity contribution >= 4 is 22.9 Å². The number of nitrogens with one attached hydrogen (secondary N) is 1. The SMILES string of the molecule is CCNC(c1ccc(-c2ccc(Cl)cc2)s1)C(C)C. The van der Waals surface area contributed by atoms with Gasteiger partial charge in [-0.3, -0.25) is 0 Å². The maximum atomic E-state index is 5.93. The van der Waals surface area contributed by atoms with Crippen LogP contribution in [0.3, 0.4) is 0 Å². The van der Waals surface area contributed by atoms with Crippen molar-refractivity contribution in [3.05, 3.63) is 46.3 Å². The fraction of sp³-hybridized carbons (Fsp3) is 0.375. The maximum absolute atomic E-state index is 5.93. The fourth-order valence-corrected chi connectivity index (χ4v) is 3.56. The summed E-state index contributed by atoms with van der Waals surface area (Å²) in [6, 6.07) is 12.9. The number of hydrogen-bond acceptors (Lipinski definition) is 2. The maximum Gasteiger partial charge on any atom is 0.0438 e. The Balaban J connectivity index is 2.24. The number of benzene rings is 1. The predicted molar refractivity (Wildman–Crippen MR) is 86.0 cm³/mol. The Morgan fingerprint density at radius 3 is 2.37 bits per heavy atom. The van der Waals surface area contributed by atoms with Crippen LogP contribution in [0, 0.1) is 5.92 Å². The first-order chi connectivity index (χ1) is 9.11. The number of halogens is 1. The molecular formula is C16H20ClNS. The lowest BCUT2D eigenvalue weighted by molar-refractivity contribution is 0.428. The van der Waals surface area contributed by atoms with Crippen LogP contribution in [-0.4, -0.2) is 6.54 Å². The molecular weight excluding hydrogens is 274 g/mol. The molecule has 0 fully saturated rings. The third-order valence-electron chi connectivity index (χ3n) is 3.15. The largest absolute Gasteiger partial charge is 0.309 e. The van der Waals surface area contributed by atoms with Gasteiger partial charge in [-0.25, -0.2) is 0 Å². The topological polar surface area (TPSA) is 12.0 Å². The van der Waals surface area contributed by atoms with Gasteiger partial charge in [-0.15, -0.1) is 11.3 Å². The number of thiophene rings is 1. The van der Waals surface area contributed by atoms with E-state index in [0.29, 0.717) is 12.0 Å². The van der Waals surface area contributed by atoms with Crippen LogP contribution >= 0.6 is 22.9 Å². The Kier molecular flexibility index (Phi) is 5.03. The quantitative estimate of drug-likeness (QED) is 0.781. The zero-order chi connectivity index (χ0) is 13.8. The van der Waals surface area contributed by atoms with E-state index in [9.17, 15) is 0 Å². The zero-order valence-corrected chi connectivity index (χ0v) is 13.2. The van der Waals surface area contributed by atoms with Gasteiger partial charge in [0.25, 0.3) is 0 Å². The van der Waals surface area contributed by atoms with Crippen LogP contribution in [0.5, 0.6) is 0 Å². The van der Waals surface area contributed by atoms with Crippen molar-refractivity contribution in [2.24, 2.45) is 5.92 Å². The molecule has 2 rings (SSSR count). The summed E-state index contributed by atoms with van der Waals surface area (Å²) in [4.78, 5) is 2.71. The van der Waals surface area contributed by atoms with Gasteiger partial charge in [-0.2, -0.15) is 0 Å². The van der Waals surface area contributed by atoms with Crippen LogP contribution < -0.4 is 5.32 Å². The predicted octanol–water partition coefficient (Wildman–Crippen LogP) is 5.38. The molecule has 2 aromatic rings. The van der Waals surface area contributed by atoms with Crippen molar-refractivity contribution in [2.45, 2.75) is 26.8 Å². The van der Waals surface area contributed by atoms with E-state index in [1.54, 1.807) is 0 Å². The zero-order valence-electron chi connectivity index (χ0n) is 11.6. The molecule has 3 heteroatoms. The molecule has 0 aliphatic heterocycles. The summed E-state index contributed by atoms with van der Waals surface area (Å²) in [7, 11) is 0. The third kappa shape index (κ3) is 3.59. The summed E-state index contributed by atoms with van der Waals surface area (Å²) in [5.74, 6) is 0.594. The van der Waals surface area contributed by atoms with Gasteiger partial charge in [0.1, 0.15) is 0 Å². The molecule has 0 spiro atoms. The van der Waals surface area contributed by atoms with Crippen LogP contribution in [0.25, 0.3) is 10.4 Å². The van der Waals surface area contributed by atoms with Gasteiger partial charge in [-0.05, 0) is 42.3 Å². The van der Waals surface area contributed by atoms with Crippen LogP contribution in [0.1, 0.15) is 31.7 Å². The molecule has 1 aromatic carbocycles. The summed E-state index contributed by atoms with van der Waals surface area (Å²) in [6.07, 6.45) is 0. The van der Waals surface area contributed by atoms with Crippen molar-refractivity contribution < 1.29 is 0 Å². The molecule has 0 aliphatic rings. The molecule has 0 aliphatic carbocycles. The minimum atomic E-state index is 0.441. The molecule has 19 heavy (non-hydrogen) atoms. The molecule has 1 atom stereocenters. The van der Waals surface area contributed by atoms with Crippen molar-refractivity contribution in [2.75, 3.05) is 6.54 Å². The van der Waals surface area contributed by atoms with E-state index in [-0.39, 0.29) is 0 Å². The van der Waals surface area contributed by atoms with E-state index in [1.807, 2.05) is 23.5 Å². The van der Waals surface area contributed by atoms with E-state index in [1.165, 1.54) is 15.3 Å². The molecule has 0 saturated heterocycles. The van der Waals surface area contributed by atoms with Gasteiger partial charge in [-0.1, -0.05) is 44.5 Å². The second-order valence-corrected chi connectivity index (χ2v) is 6.54. The first kappa shape index (κ1) is 14.6. The molecule has 1 nitrogen and oxygen atoms in total. The fourth-order valence-electron chi connectivity index (χ4n) is 2.17. The second-order valence-electron chi connectivity index (χ2n) is 4.99. The molecule has 0 bridgehead atoms. The van der Waals surface area contributed by atoms with Crippen LogP contribution in [0.4, 0.5) is 0 Å². The summed E-state index contributed by atoms with van der Waals surface area (Å²) in [5.41, 5.74) is 1.24. The lowest BCUT2D eigenvalue weighted by Gasteiger charge is -2.20. The van der Waals surface area contributed by atoms with Gasteiger partial charge in [0.05, 0.1) is 0 Å². The average molecular weight is 294 g/mol. The van der Waals surface area contributed by atoms with E-state index in [4.69, 9.17) is 11.6 Å². The molecule has 1 unspecified atom stereocenters. The highest BCUT2D eigenvalue weighted by Gasteiger charge is 2.16. The van der Waals surface area contributed by atoms with Crippen LogP contribution in [0.15, 0.2) is 36.4 Å². The van der Waals surface area contributed by atoms with E-state index in [2.05, 4.69) is 50.4 Å². The van der Waals surface area contributed by atoms with Crippen molar-refractivity contribution in [3.63, 3.8) is 0 Å². The minimum absolute atomic E-state index is 0.441. The van der Waals surface area contributed by atoms with E-state index >= 15 is 0 Å². The molecule has 0 saturated carbocycles. The van der Waals surface area contributed by atoms with E-state index < -0.39 is 0 Å². The molecule has 1 heterocycles. The number of hydrogen-bond donors (Lipinski definition) is 1. The van der Waals surface area contributed by atoms with Crippen molar-refractivity contribution in [3.8, 4) is 10.4 Å². The minimum Gasteiger partial charge on any atom is -0.309 e. The molecule has 1 aromatic heterocycles. The first-order valence-electron chi connectivity index (χ1n) is 6.71. The van der Waals surface area contributed by atoms with Gasteiger partial charge in [0, 0.05) is 20.8 Å². The lowest BCUT2D eigenvalue weighted by Crippen LogP contribution is -2.24. The normalized spacial score (nSPS) is 12.9. The first-order valence-corrected chi connectivity index (χ1v) is 7.90. The van der Waals surface area contributed by atoms with Crippen LogP contribution in [0.2, 0.25) is 5.02 Å². The lowest BCUT2D eigenvalue weighted by atomic mass is 10.0. The smallest absolute Gasteiger partial charge is 0.0438 e. The third-order valence-corrected chi connectivity index (χ3v) is 4.62. The average Bonchev–Trinajstić information content (AvgIpc) is 2.85. The Morgan fingerprint density at radius 2 is 1.79 bits per heavy atom. The van der Waals surface area contributed by atoms with Crippen molar-refractivity contribution in [1.82, 2.24) is 5.32 Å². The highest BCUT2D eigenvalue weighted by molar-refractivity contribution is 7.15. The highest BCUT2D eigenvalue weighted by atomic mass is 35.5. The van der Waals surface area contributed by atoms with Crippen molar-refractivity contribution in [1.29, 1.82) is 0 Å². The van der Waals surface area contributed by atoms with Crippen LogP contribution in [-0.2, 0) is 0 Å². The molecule has 0 radical (unpaired) electrons. The monoisotopic (exact) mass is 293 g/mol. The Labute approximate surface area is 124 Å². The summed E-state index contributed by atoms with van der Waals surface area (Å²) >= 11 is 7.79. The molecule has 102 valence electrons. The second kappa shape index (κ2) is 6.56. The summed E-state index contributed by atoms with van der Waals surface area (Å²) < 4.78 is 0. The van der Waals surface area contributed by atoms with Gasteiger partial charge in [0.15, 0.2) is 0 Å². The standard InChI is InChI=1S/C16H20ClNS/c1-4-18-16(11(2)3)15-10-9-14(19-15)12-5-7-13(17)8-6-12/h5-11,16,18H,4H2,1-3H3. The summed E-state index contributed by atoms with van der Waals surface area (Å²) in [6.45, 7) is 7.67. The van der Waals surface area contributed by atoms with Gasteiger partial charge >= 0.3 is 0 Å². The van der Waals surface area contributed by atoms with Gasteiger partial charge < -0.3 is 5.32 Å². The van der Waals surface area contributed by atoms with Gasteiger partial charge in [0.2, 0.25) is 0 Å². The van der Waals surface area contributed by atoms with E-state index in [0.717, 1.165) is 11.6 Å².